The van der Waals surface area contributed by atoms with Crippen molar-refractivity contribution in [3.05, 3.63) is 47.9 Å². The minimum Gasteiger partial charge on any atom is -0.513 e. The van der Waals surface area contributed by atoms with Crippen LogP contribution >= 0.6 is 0 Å². The number of aromatic nitrogens is 2. The molecule has 0 saturated heterocycles. The van der Waals surface area contributed by atoms with Crippen LogP contribution in [0.3, 0.4) is 0 Å². The van der Waals surface area contributed by atoms with Crippen molar-refractivity contribution in [1.82, 2.24) is 9.78 Å². The number of hydrogen-bond acceptors (Lipinski definition) is 6. The summed E-state index contributed by atoms with van der Waals surface area (Å²) >= 11 is 0. The van der Waals surface area contributed by atoms with Gasteiger partial charge in [0.2, 0.25) is 0 Å². The van der Waals surface area contributed by atoms with E-state index in [1.54, 1.807) is 6.08 Å². The molecule has 1 aromatic heterocycles. The van der Waals surface area contributed by atoms with E-state index in [2.05, 4.69) is 21.2 Å². The van der Waals surface area contributed by atoms with Gasteiger partial charge in [0, 0.05) is 24.8 Å². The lowest BCUT2D eigenvalue weighted by molar-refractivity contribution is -0.274. The van der Waals surface area contributed by atoms with Gasteiger partial charge in [-0.05, 0) is 42.7 Å². The maximum absolute atomic E-state index is 12.3. The summed E-state index contributed by atoms with van der Waals surface area (Å²) in [6.45, 7) is 0.322. The number of amides is 1. The highest BCUT2D eigenvalue weighted by Gasteiger charge is 2.31. The molecule has 1 unspecified atom stereocenters. The summed E-state index contributed by atoms with van der Waals surface area (Å²) < 4.78 is 42.1. The average Bonchev–Trinajstić information content (AvgIpc) is 3.06. The molecular formula is C19H18F3N5O3. The van der Waals surface area contributed by atoms with E-state index in [-0.39, 0.29) is 35.2 Å². The Balaban J connectivity index is 1.76. The first-order valence-corrected chi connectivity index (χ1v) is 8.92. The normalized spacial score (nSPS) is 18.9. The van der Waals surface area contributed by atoms with Gasteiger partial charge in [-0.25, -0.2) is 0 Å². The fourth-order valence-electron chi connectivity index (χ4n) is 3.18. The number of benzene rings is 1. The van der Waals surface area contributed by atoms with Crippen LogP contribution in [0, 0.1) is 23.2 Å². The minimum atomic E-state index is -4.79. The van der Waals surface area contributed by atoms with Gasteiger partial charge in [0.25, 0.3) is 5.91 Å². The molecular weight excluding hydrogens is 403 g/mol. The van der Waals surface area contributed by atoms with Crippen LogP contribution in [0.1, 0.15) is 23.2 Å². The number of nitriles is 1. The van der Waals surface area contributed by atoms with Crippen LogP contribution in [0.25, 0.3) is 0 Å². The molecule has 1 aromatic carbocycles. The number of hydrogen-bond donors (Lipinski definition) is 3. The lowest BCUT2D eigenvalue weighted by atomic mass is 9.83. The van der Waals surface area contributed by atoms with Crippen molar-refractivity contribution in [1.29, 1.82) is 5.26 Å². The molecule has 0 radical (unpaired) electrons. The maximum Gasteiger partial charge on any atom is 0.573 e. The van der Waals surface area contributed by atoms with Crippen LogP contribution < -0.4 is 15.8 Å². The quantitative estimate of drug-likeness (QED) is 0.654. The fourth-order valence-corrected chi connectivity index (χ4v) is 3.18. The molecule has 158 valence electrons. The van der Waals surface area contributed by atoms with E-state index in [4.69, 9.17) is 5.73 Å². The largest absolute Gasteiger partial charge is 0.573 e. The SMILES string of the molecule is N#C[C@H]1CC(O)=CCC1Cn1cc(C(N)=O)c(Nc2ccc(OC(F)(F)F)cc2)n1. The van der Waals surface area contributed by atoms with Crippen molar-refractivity contribution in [2.75, 3.05) is 5.32 Å². The van der Waals surface area contributed by atoms with E-state index in [0.29, 0.717) is 18.7 Å². The molecule has 1 heterocycles. The summed E-state index contributed by atoms with van der Waals surface area (Å²) in [6, 6.07) is 7.09. The molecule has 0 aliphatic heterocycles. The summed E-state index contributed by atoms with van der Waals surface area (Å²) in [4.78, 5) is 11.8. The standard InChI is InChI=1S/C19H18F3N5O3/c20-19(21,22)30-15-5-2-13(3-6-15)25-18-16(17(24)29)10-27(26-18)9-11-1-4-14(28)7-12(11)8-23/h2-6,10-12,28H,1,7,9H2,(H2,24,29)(H,25,26)/t11?,12-/m1/s1. The molecule has 0 fully saturated rings. The van der Waals surface area contributed by atoms with Crippen LogP contribution in [0.5, 0.6) is 5.75 Å². The Hall–Kier alpha value is -3.68. The van der Waals surface area contributed by atoms with Crippen molar-refractivity contribution in [3.63, 3.8) is 0 Å². The number of alkyl halides is 3. The topological polar surface area (TPSA) is 126 Å². The van der Waals surface area contributed by atoms with Crippen LogP contribution in [-0.4, -0.2) is 27.2 Å². The second-order valence-corrected chi connectivity index (χ2v) is 6.81. The molecule has 0 bridgehead atoms. The first-order chi connectivity index (χ1) is 14.1. The Bertz CT molecular complexity index is 992. The zero-order chi connectivity index (χ0) is 21.9. The molecule has 0 saturated carbocycles. The molecule has 30 heavy (non-hydrogen) atoms. The summed E-state index contributed by atoms with van der Waals surface area (Å²) in [5.41, 5.74) is 5.87. The van der Waals surface area contributed by atoms with Crippen molar-refractivity contribution in [3.8, 4) is 11.8 Å². The first kappa shape index (κ1) is 21.0. The molecule has 0 spiro atoms. The Morgan fingerprint density at radius 1 is 1.40 bits per heavy atom. The fraction of sp³-hybridized carbons (Fsp3) is 0.316. The molecule has 1 aliphatic carbocycles. The van der Waals surface area contributed by atoms with Crippen molar-refractivity contribution < 1.29 is 27.8 Å². The predicted octanol–water partition coefficient (Wildman–Crippen LogP) is 3.62. The van der Waals surface area contributed by atoms with Gasteiger partial charge < -0.3 is 20.9 Å². The number of nitrogens with two attached hydrogens (primary N) is 1. The Kier molecular flexibility index (Phi) is 5.86. The lowest BCUT2D eigenvalue weighted by Crippen LogP contribution is -2.23. The molecule has 1 aliphatic rings. The van der Waals surface area contributed by atoms with Gasteiger partial charge in [-0.15, -0.1) is 13.2 Å². The van der Waals surface area contributed by atoms with E-state index in [0.717, 1.165) is 12.1 Å². The maximum atomic E-state index is 12.3. The number of aliphatic hydroxyl groups excluding tert-OH is 1. The minimum absolute atomic E-state index is 0.0910. The molecule has 2 atom stereocenters. The van der Waals surface area contributed by atoms with E-state index in [9.17, 15) is 28.3 Å². The number of anilines is 2. The van der Waals surface area contributed by atoms with E-state index in [1.807, 2.05) is 0 Å². The second-order valence-electron chi connectivity index (χ2n) is 6.81. The molecule has 1 amide bonds. The average molecular weight is 421 g/mol. The molecule has 8 nitrogen and oxygen atoms in total. The third kappa shape index (κ3) is 5.22. The summed E-state index contributed by atoms with van der Waals surface area (Å²) in [6.07, 6.45) is -0.958. The summed E-state index contributed by atoms with van der Waals surface area (Å²) in [5.74, 6) is -1.32. The number of allylic oxidation sites excluding steroid dienone is 2. The second kappa shape index (κ2) is 8.36. The van der Waals surface area contributed by atoms with Crippen LogP contribution in [0.2, 0.25) is 0 Å². The third-order valence-electron chi connectivity index (χ3n) is 4.62. The third-order valence-corrected chi connectivity index (χ3v) is 4.62. The monoisotopic (exact) mass is 421 g/mol. The van der Waals surface area contributed by atoms with E-state index < -0.39 is 18.2 Å². The van der Waals surface area contributed by atoms with Crippen molar-refractivity contribution in [2.24, 2.45) is 17.6 Å². The van der Waals surface area contributed by atoms with Gasteiger partial charge >= 0.3 is 6.36 Å². The highest BCUT2D eigenvalue weighted by molar-refractivity contribution is 5.98. The highest BCUT2D eigenvalue weighted by atomic mass is 19.4. The predicted molar refractivity (Wildman–Crippen MR) is 99.7 cm³/mol. The number of halogens is 3. The van der Waals surface area contributed by atoms with Gasteiger partial charge in [-0.3, -0.25) is 9.48 Å². The highest BCUT2D eigenvalue weighted by Crippen LogP contribution is 2.30. The van der Waals surface area contributed by atoms with Crippen LogP contribution in [0.4, 0.5) is 24.7 Å². The smallest absolute Gasteiger partial charge is 0.513 e. The molecule has 11 heteroatoms. The summed E-state index contributed by atoms with van der Waals surface area (Å²) in [5, 5.41) is 26.1. The first-order valence-electron chi connectivity index (χ1n) is 8.92. The van der Waals surface area contributed by atoms with Gasteiger partial charge in [-0.2, -0.15) is 10.4 Å². The molecule has 3 rings (SSSR count). The van der Waals surface area contributed by atoms with Crippen molar-refractivity contribution in [2.45, 2.75) is 25.7 Å². The molecule has 4 N–H and O–H groups in total. The van der Waals surface area contributed by atoms with Crippen molar-refractivity contribution >= 4 is 17.4 Å². The Morgan fingerprint density at radius 2 is 2.10 bits per heavy atom. The van der Waals surface area contributed by atoms with Crippen LogP contribution in [0.15, 0.2) is 42.3 Å². The lowest BCUT2D eigenvalue weighted by Gasteiger charge is -2.24. The zero-order valence-corrected chi connectivity index (χ0v) is 15.6. The Labute approximate surface area is 169 Å². The number of carbonyl (C=O) groups is 1. The summed E-state index contributed by atoms with van der Waals surface area (Å²) in [7, 11) is 0. The van der Waals surface area contributed by atoms with E-state index in [1.165, 1.54) is 23.0 Å². The van der Waals surface area contributed by atoms with E-state index >= 15 is 0 Å². The number of aliphatic hydroxyl groups is 1. The molecule has 2 aromatic rings. The Morgan fingerprint density at radius 3 is 2.70 bits per heavy atom. The number of nitrogens with one attached hydrogen (secondary N) is 1. The number of primary amides is 1. The van der Waals surface area contributed by atoms with Gasteiger partial charge in [0.05, 0.1) is 17.7 Å². The number of rotatable bonds is 6. The van der Waals surface area contributed by atoms with Crippen LogP contribution in [-0.2, 0) is 6.54 Å². The number of carbonyl (C=O) groups excluding carboxylic acids is 1. The number of ether oxygens (including phenoxy) is 1. The zero-order valence-electron chi connectivity index (χ0n) is 15.6. The van der Waals surface area contributed by atoms with Gasteiger partial charge in [0.1, 0.15) is 11.3 Å². The number of nitrogens with zero attached hydrogens (tertiary/aromatic N) is 3. The van der Waals surface area contributed by atoms with Gasteiger partial charge in [-0.1, -0.05) is 0 Å². The van der Waals surface area contributed by atoms with Gasteiger partial charge in [0.15, 0.2) is 5.82 Å².